The molecule has 1 atom stereocenters. The van der Waals surface area contributed by atoms with Crippen molar-refractivity contribution in [3.05, 3.63) is 40.7 Å². The Hall–Kier alpha value is -1.90. The summed E-state index contributed by atoms with van der Waals surface area (Å²) in [7, 11) is -3.87. The Morgan fingerprint density at radius 2 is 2.08 bits per heavy atom. The molecular weight excluding hydrogens is 366 g/mol. The number of rotatable bonds is 4. The van der Waals surface area contributed by atoms with Gasteiger partial charge in [-0.25, -0.2) is 8.42 Å². The number of aryl methyl sites for hydroxylation is 2. The molecule has 1 saturated heterocycles. The Labute approximate surface area is 151 Å². The molecule has 1 amide bonds. The summed E-state index contributed by atoms with van der Waals surface area (Å²) in [5, 5.41) is 6.81. The number of carbonyl (C=O) groups is 1. The number of sulfonamides is 1. The number of benzene rings is 1. The summed E-state index contributed by atoms with van der Waals surface area (Å²) in [5.74, 6) is -0.185. The summed E-state index contributed by atoms with van der Waals surface area (Å²) < 4.78 is 32.2. The molecular formula is C16H18ClN3O4S. The minimum absolute atomic E-state index is 0.0324. The van der Waals surface area contributed by atoms with Crippen molar-refractivity contribution in [3.8, 4) is 0 Å². The Morgan fingerprint density at radius 1 is 1.36 bits per heavy atom. The van der Waals surface area contributed by atoms with Crippen LogP contribution in [0.2, 0.25) is 5.02 Å². The summed E-state index contributed by atoms with van der Waals surface area (Å²) >= 11 is 6.06. The van der Waals surface area contributed by atoms with Crippen LogP contribution in [0.15, 0.2) is 33.7 Å². The fourth-order valence-electron chi connectivity index (χ4n) is 3.03. The van der Waals surface area contributed by atoms with Crippen LogP contribution in [0.4, 0.5) is 5.69 Å². The van der Waals surface area contributed by atoms with Gasteiger partial charge < -0.3 is 9.84 Å². The van der Waals surface area contributed by atoms with E-state index in [4.69, 9.17) is 16.1 Å². The van der Waals surface area contributed by atoms with Crippen molar-refractivity contribution in [2.45, 2.75) is 37.6 Å². The first-order chi connectivity index (χ1) is 11.8. The molecule has 0 bridgehead atoms. The highest BCUT2D eigenvalue weighted by Gasteiger charge is 2.41. The number of hydrogen-bond acceptors (Lipinski definition) is 5. The van der Waals surface area contributed by atoms with Gasteiger partial charge in [0.05, 0.1) is 10.7 Å². The number of para-hydroxylation sites is 1. The lowest BCUT2D eigenvalue weighted by atomic mass is 10.2. The monoisotopic (exact) mass is 383 g/mol. The molecule has 0 saturated carbocycles. The van der Waals surface area contributed by atoms with Crippen LogP contribution >= 0.6 is 11.6 Å². The number of anilines is 1. The quantitative estimate of drug-likeness (QED) is 0.876. The third-order valence-corrected chi connectivity index (χ3v) is 6.66. The summed E-state index contributed by atoms with van der Waals surface area (Å²) in [4.78, 5) is 12.7. The van der Waals surface area contributed by atoms with Crippen molar-refractivity contribution >= 4 is 33.2 Å². The molecule has 2 heterocycles. The number of amides is 1. The van der Waals surface area contributed by atoms with E-state index in [1.54, 1.807) is 38.1 Å². The largest absolute Gasteiger partial charge is 0.360 e. The zero-order valence-electron chi connectivity index (χ0n) is 13.8. The van der Waals surface area contributed by atoms with Crippen molar-refractivity contribution in [1.29, 1.82) is 0 Å². The second-order valence-electron chi connectivity index (χ2n) is 5.90. The molecule has 7 nitrogen and oxygen atoms in total. The first kappa shape index (κ1) is 17.9. The van der Waals surface area contributed by atoms with Gasteiger partial charge in [0.1, 0.15) is 16.6 Å². The van der Waals surface area contributed by atoms with Gasteiger partial charge in [-0.15, -0.1) is 0 Å². The Balaban J connectivity index is 1.88. The highest BCUT2D eigenvalue weighted by molar-refractivity contribution is 7.89. The van der Waals surface area contributed by atoms with E-state index in [1.165, 1.54) is 4.31 Å². The number of nitrogens with zero attached hydrogens (tertiary/aromatic N) is 2. The first-order valence-corrected chi connectivity index (χ1v) is 9.64. The van der Waals surface area contributed by atoms with Gasteiger partial charge in [-0.1, -0.05) is 28.9 Å². The van der Waals surface area contributed by atoms with E-state index in [0.29, 0.717) is 23.6 Å². The van der Waals surface area contributed by atoms with Crippen molar-refractivity contribution in [2.24, 2.45) is 0 Å². The van der Waals surface area contributed by atoms with Crippen LogP contribution in [0.25, 0.3) is 0 Å². The maximum absolute atomic E-state index is 13.0. The van der Waals surface area contributed by atoms with Gasteiger partial charge in [0, 0.05) is 6.54 Å². The molecule has 1 fully saturated rings. The van der Waals surface area contributed by atoms with E-state index < -0.39 is 22.0 Å². The van der Waals surface area contributed by atoms with Gasteiger partial charge in [-0.05, 0) is 38.8 Å². The lowest BCUT2D eigenvalue weighted by Crippen LogP contribution is -2.43. The molecule has 134 valence electrons. The second kappa shape index (κ2) is 6.78. The Kier molecular flexibility index (Phi) is 4.86. The van der Waals surface area contributed by atoms with Crippen LogP contribution in [0.3, 0.4) is 0 Å². The van der Waals surface area contributed by atoms with E-state index in [9.17, 15) is 13.2 Å². The molecule has 1 aromatic heterocycles. The maximum atomic E-state index is 13.0. The average Bonchev–Trinajstić information content (AvgIpc) is 3.17. The highest BCUT2D eigenvalue weighted by Crippen LogP contribution is 2.31. The van der Waals surface area contributed by atoms with Gasteiger partial charge in [-0.2, -0.15) is 4.31 Å². The number of nitrogens with one attached hydrogen (secondary N) is 1. The van der Waals surface area contributed by atoms with Crippen LogP contribution in [0, 0.1) is 13.8 Å². The van der Waals surface area contributed by atoms with Crippen LogP contribution in [0.1, 0.15) is 24.3 Å². The number of aromatic nitrogens is 1. The van der Waals surface area contributed by atoms with E-state index in [0.717, 1.165) is 0 Å². The predicted octanol–water partition coefficient (Wildman–Crippen LogP) is 2.74. The topological polar surface area (TPSA) is 92.5 Å². The summed E-state index contributed by atoms with van der Waals surface area (Å²) in [6.07, 6.45) is 1.04. The van der Waals surface area contributed by atoms with Crippen molar-refractivity contribution in [2.75, 3.05) is 11.9 Å². The minimum Gasteiger partial charge on any atom is -0.360 e. The predicted molar refractivity (Wildman–Crippen MR) is 93.0 cm³/mol. The summed E-state index contributed by atoms with van der Waals surface area (Å²) in [6.45, 7) is 3.38. The third kappa shape index (κ3) is 3.29. The van der Waals surface area contributed by atoms with E-state index in [1.807, 2.05) is 0 Å². The second-order valence-corrected chi connectivity index (χ2v) is 8.13. The molecule has 25 heavy (non-hydrogen) atoms. The van der Waals surface area contributed by atoms with Crippen LogP contribution in [0.5, 0.6) is 0 Å². The number of carbonyl (C=O) groups excluding carboxylic acids is 1. The lowest BCUT2D eigenvalue weighted by molar-refractivity contribution is -0.119. The molecule has 0 radical (unpaired) electrons. The molecule has 0 aliphatic carbocycles. The average molecular weight is 384 g/mol. The smallest absolute Gasteiger partial charge is 0.249 e. The minimum atomic E-state index is -3.87. The van der Waals surface area contributed by atoms with Crippen LogP contribution in [-0.4, -0.2) is 36.4 Å². The zero-order valence-corrected chi connectivity index (χ0v) is 15.4. The van der Waals surface area contributed by atoms with E-state index in [2.05, 4.69) is 10.5 Å². The molecule has 1 N–H and O–H groups in total. The maximum Gasteiger partial charge on any atom is 0.249 e. The summed E-state index contributed by atoms with van der Waals surface area (Å²) in [5.41, 5.74) is 0.741. The molecule has 1 aliphatic heterocycles. The fraction of sp³-hybridized carbons (Fsp3) is 0.375. The standard InChI is InChI=1S/C16H18ClN3O4S/c1-10-15(11(2)24-19-10)25(22,23)20-9-5-8-14(20)16(21)18-13-7-4-3-6-12(13)17/h3-4,6-7,14H,5,8-9H2,1-2H3,(H,18,21)/t14-/m0/s1. The van der Waals surface area contributed by atoms with Crippen LogP contribution < -0.4 is 5.32 Å². The SMILES string of the molecule is Cc1noc(C)c1S(=O)(=O)N1CCC[C@H]1C(=O)Nc1ccccc1Cl. The number of halogens is 1. The van der Waals surface area contributed by atoms with Crippen molar-refractivity contribution < 1.29 is 17.7 Å². The molecule has 9 heteroatoms. The molecule has 0 spiro atoms. The molecule has 3 rings (SSSR count). The molecule has 1 aliphatic rings. The molecule has 1 aromatic carbocycles. The van der Waals surface area contributed by atoms with Crippen molar-refractivity contribution in [3.63, 3.8) is 0 Å². The third-order valence-electron chi connectivity index (χ3n) is 4.17. The Morgan fingerprint density at radius 3 is 2.72 bits per heavy atom. The zero-order chi connectivity index (χ0) is 18.2. The highest BCUT2D eigenvalue weighted by atomic mass is 35.5. The van der Waals surface area contributed by atoms with Gasteiger partial charge in [-0.3, -0.25) is 4.79 Å². The normalized spacial score (nSPS) is 18.4. The van der Waals surface area contributed by atoms with Gasteiger partial charge in [0.2, 0.25) is 15.9 Å². The van der Waals surface area contributed by atoms with Gasteiger partial charge in [0.25, 0.3) is 0 Å². The fourth-order valence-corrected chi connectivity index (χ4v) is 5.16. The first-order valence-electron chi connectivity index (χ1n) is 7.82. The Bertz CT molecular complexity index is 890. The molecule has 0 unspecified atom stereocenters. The van der Waals surface area contributed by atoms with Gasteiger partial charge in [0.15, 0.2) is 5.76 Å². The summed E-state index contributed by atoms with van der Waals surface area (Å²) in [6, 6.07) is 6.03. The van der Waals surface area contributed by atoms with Crippen LogP contribution in [-0.2, 0) is 14.8 Å². The van der Waals surface area contributed by atoms with Gasteiger partial charge >= 0.3 is 0 Å². The van der Waals surface area contributed by atoms with Crippen molar-refractivity contribution in [1.82, 2.24) is 9.46 Å². The molecule has 2 aromatic rings. The number of hydrogen-bond donors (Lipinski definition) is 1. The van der Waals surface area contributed by atoms with E-state index >= 15 is 0 Å². The lowest BCUT2D eigenvalue weighted by Gasteiger charge is -2.23. The van der Waals surface area contributed by atoms with E-state index in [-0.39, 0.29) is 22.9 Å².